The van der Waals surface area contributed by atoms with Crippen molar-refractivity contribution in [3.05, 3.63) is 47.8 Å². The SMILES string of the molecule is COc1cccc(-c2cc(C(=O)NC3CC3)nc3cc(C(C)(C)C)nn23)c1. The van der Waals surface area contributed by atoms with Crippen LogP contribution in [0.1, 0.15) is 49.8 Å². The number of nitrogens with one attached hydrogen (secondary N) is 1. The molecule has 27 heavy (non-hydrogen) atoms. The Hall–Kier alpha value is -2.89. The Bertz CT molecular complexity index is 1010. The van der Waals surface area contributed by atoms with Crippen molar-refractivity contribution in [2.45, 2.75) is 45.1 Å². The number of fused-ring (bicyclic) bond motifs is 1. The van der Waals surface area contributed by atoms with Gasteiger partial charge in [-0.3, -0.25) is 4.79 Å². The van der Waals surface area contributed by atoms with Crippen molar-refractivity contribution in [2.75, 3.05) is 7.11 Å². The number of carbonyl (C=O) groups excluding carboxylic acids is 1. The molecule has 1 aliphatic carbocycles. The second-order valence-corrected chi connectivity index (χ2v) is 8.06. The van der Waals surface area contributed by atoms with Crippen molar-refractivity contribution in [3.8, 4) is 17.0 Å². The molecular formula is C21H24N4O2. The highest BCUT2D eigenvalue weighted by Crippen LogP contribution is 2.28. The number of hydrogen-bond acceptors (Lipinski definition) is 4. The predicted octanol–water partition coefficient (Wildman–Crippen LogP) is 3.59. The van der Waals surface area contributed by atoms with Crippen LogP contribution in [0.3, 0.4) is 0 Å². The third-order valence-corrected chi connectivity index (χ3v) is 4.71. The summed E-state index contributed by atoms with van der Waals surface area (Å²) in [7, 11) is 1.64. The molecule has 1 saturated carbocycles. The number of ether oxygens (including phenoxy) is 1. The average molecular weight is 364 g/mol. The maximum absolute atomic E-state index is 12.6. The minimum absolute atomic E-state index is 0.115. The molecule has 3 aromatic rings. The Morgan fingerprint density at radius 3 is 2.67 bits per heavy atom. The van der Waals surface area contributed by atoms with Crippen LogP contribution in [-0.4, -0.2) is 33.7 Å². The van der Waals surface area contributed by atoms with Gasteiger partial charge in [0.1, 0.15) is 11.4 Å². The summed E-state index contributed by atoms with van der Waals surface area (Å²) in [4.78, 5) is 17.2. The second kappa shape index (κ2) is 6.37. The quantitative estimate of drug-likeness (QED) is 0.768. The van der Waals surface area contributed by atoms with Gasteiger partial charge in [0.15, 0.2) is 5.65 Å². The van der Waals surface area contributed by atoms with E-state index in [1.54, 1.807) is 13.2 Å². The molecule has 6 nitrogen and oxygen atoms in total. The summed E-state index contributed by atoms with van der Waals surface area (Å²) in [5.74, 6) is 0.618. The molecule has 0 aliphatic heterocycles. The smallest absolute Gasteiger partial charge is 0.270 e. The minimum Gasteiger partial charge on any atom is -0.497 e. The number of carbonyl (C=O) groups is 1. The van der Waals surface area contributed by atoms with Gasteiger partial charge in [0, 0.05) is 23.1 Å². The van der Waals surface area contributed by atoms with E-state index in [2.05, 4.69) is 31.1 Å². The maximum Gasteiger partial charge on any atom is 0.270 e. The number of amides is 1. The van der Waals surface area contributed by atoms with Crippen molar-refractivity contribution < 1.29 is 9.53 Å². The zero-order valence-electron chi connectivity index (χ0n) is 16.1. The van der Waals surface area contributed by atoms with Gasteiger partial charge in [-0.05, 0) is 31.0 Å². The standard InChI is InChI=1S/C21H24N4O2/c1-21(2,3)18-12-19-23-16(20(26)22-14-8-9-14)11-17(25(19)24-18)13-6-5-7-15(10-13)27-4/h5-7,10-12,14H,8-9H2,1-4H3,(H,22,26). The summed E-state index contributed by atoms with van der Waals surface area (Å²) in [5.41, 5.74) is 3.63. The monoisotopic (exact) mass is 364 g/mol. The highest BCUT2D eigenvalue weighted by Gasteiger charge is 2.26. The number of benzene rings is 1. The lowest BCUT2D eigenvalue weighted by atomic mass is 9.93. The van der Waals surface area contributed by atoms with Crippen molar-refractivity contribution in [3.63, 3.8) is 0 Å². The number of hydrogen-bond donors (Lipinski definition) is 1. The normalized spacial score (nSPS) is 14.4. The summed E-state index contributed by atoms with van der Waals surface area (Å²) in [6, 6.07) is 11.8. The molecule has 0 saturated heterocycles. The molecule has 1 aromatic carbocycles. The molecule has 6 heteroatoms. The van der Waals surface area contributed by atoms with Gasteiger partial charge in [0.2, 0.25) is 0 Å². The van der Waals surface area contributed by atoms with Gasteiger partial charge in [0.05, 0.1) is 18.5 Å². The summed E-state index contributed by atoms with van der Waals surface area (Å²) in [6.07, 6.45) is 2.08. The van der Waals surface area contributed by atoms with Gasteiger partial charge < -0.3 is 10.1 Å². The minimum atomic E-state index is -0.136. The van der Waals surface area contributed by atoms with E-state index in [1.165, 1.54) is 0 Å². The molecule has 140 valence electrons. The maximum atomic E-state index is 12.6. The fraction of sp³-hybridized carbons (Fsp3) is 0.381. The van der Waals surface area contributed by atoms with Crippen molar-refractivity contribution >= 4 is 11.6 Å². The van der Waals surface area contributed by atoms with Crippen LogP contribution >= 0.6 is 0 Å². The van der Waals surface area contributed by atoms with Crippen LogP contribution < -0.4 is 10.1 Å². The molecule has 4 rings (SSSR count). The molecule has 1 amide bonds. The van der Waals surface area contributed by atoms with Crippen molar-refractivity contribution in [2.24, 2.45) is 0 Å². The molecule has 2 heterocycles. The largest absolute Gasteiger partial charge is 0.497 e. The first-order chi connectivity index (χ1) is 12.8. The number of aromatic nitrogens is 3. The van der Waals surface area contributed by atoms with E-state index in [9.17, 15) is 4.79 Å². The molecule has 1 aliphatic rings. The molecule has 0 bridgehead atoms. The molecule has 0 unspecified atom stereocenters. The molecule has 0 radical (unpaired) electrons. The van der Waals surface area contributed by atoms with Crippen molar-refractivity contribution in [1.29, 1.82) is 0 Å². The lowest BCUT2D eigenvalue weighted by Crippen LogP contribution is -2.26. The van der Waals surface area contributed by atoms with E-state index in [-0.39, 0.29) is 17.4 Å². The molecule has 1 N–H and O–H groups in total. The van der Waals surface area contributed by atoms with Crippen LogP contribution in [0.15, 0.2) is 36.4 Å². The first-order valence-electron chi connectivity index (χ1n) is 9.22. The fourth-order valence-corrected chi connectivity index (χ4v) is 2.93. The molecule has 1 fully saturated rings. The van der Waals surface area contributed by atoms with Crippen LogP contribution in [0.5, 0.6) is 5.75 Å². The van der Waals surface area contributed by atoms with Gasteiger partial charge in [-0.1, -0.05) is 32.9 Å². The Kier molecular flexibility index (Phi) is 4.13. The lowest BCUT2D eigenvalue weighted by molar-refractivity contribution is 0.0946. The Morgan fingerprint density at radius 1 is 1.22 bits per heavy atom. The number of methoxy groups -OCH3 is 1. The second-order valence-electron chi connectivity index (χ2n) is 8.06. The number of rotatable bonds is 4. The van der Waals surface area contributed by atoms with E-state index in [0.29, 0.717) is 11.3 Å². The van der Waals surface area contributed by atoms with Crippen LogP contribution in [0, 0.1) is 0 Å². The highest BCUT2D eigenvalue weighted by atomic mass is 16.5. The first kappa shape index (κ1) is 17.5. The van der Waals surface area contributed by atoms with E-state index in [4.69, 9.17) is 9.84 Å². The van der Waals surface area contributed by atoms with Crippen molar-refractivity contribution in [1.82, 2.24) is 19.9 Å². The van der Waals surface area contributed by atoms with E-state index in [1.807, 2.05) is 34.8 Å². The average Bonchev–Trinajstić information content (AvgIpc) is 3.33. The van der Waals surface area contributed by atoms with E-state index in [0.717, 1.165) is 35.5 Å². The summed E-state index contributed by atoms with van der Waals surface area (Å²) in [6.45, 7) is 6.34. The van der Waals surface area contributed by atoms with Gasteiger partial charge in [-0.15, -0.1) is 0 Å². The van der Waals surface area contributed by atoms with Crippen LogP contribution in [0.25, 0.3) is 16.9 Å². The Balaban J connectivity index is 1.89. The van der Waals surface area contributed by atoms with Gasteiger partial charge >= 0.3 is 0 Å². The van der Waals surface area contributed by atoms with Gasteiger partial charge in [0.25, 0.3) is 5.91 Å². The topological polar surface area (TPSA) is 68.5 Å². The lowest BCUT2D eigenvalue weighted by Gasteiger charge is -2.14. The van der Waals surface area contributed by atoms with Gasteiger partial charge in [-0.2, -0.15) is 5.10 Å². The fourth-order valence-electron chi connectivity index (χ4n) is 2.93. The third kappa shape index (κ3) is 3.52. The third-order valence-electron chi connectivity index (χ3n) is 4.71. The summed E-state index contributed by atoms with van der Waals surface area (Å²) < 4.78 is 7.17. The highest BCUT2D eigenvalue weighted by molar-refractivity contribution is 5.94. The predicted molar refractivity (Wildman–Crippen MR) is 104 cm³/mol. The van der Waals surface area contributed by atoms with E-state index < -0.39 is 0 Å². The summed E-state index contributed by atoms with van der Waals surface area (Å²) >= 11 is 0. The Morgan fingerprint density at radius 2 is 2.00 bits per heavy atom. The first-order valence-corrected chi connectivity index (χ1v) is 9.22. The molecule has 0 spiro atoms. The Labute approximate surface area is 158 Å². The molecular weight excluding hydrogens is 340 g/mol. The summed E-state index contributed by atoms with van der Waals surface area (Å²) in [5, 5.41) is 7.79. The van der Waals surface area contributed by atoms with E-state index >= 15 is 0 Å². The number of nitrogens with zero attached hydrogens (tertiary/aromatic N) is 3. The molecule has 2 aromatic heterocycles. The van der Waals surface area contributed by atoms with Crippen LogP contribution in [0.2, 0.25) is 0 Å². The van der Waals surface area contributed by atoms with Gasteiger partial charge in [-0.25, -0.2) is 9.50 Å². The van der Waals surface area contributed by atoms with Crippen LogP contribution in [0.4, 0.5) is 0 Å². The molecule has 0 atom stereocenters. The zero-order chi connectivity index (χ0) is 19.2. The zero-order valence-corrected chi connectivity index (χ0v) is 16.1. The van der Waals surface area contributed by atoms with Crippen LogP contribution in [-0.2, 0) is 5.41 Å².